The number of H-pyrrole nitrogens is 2. The maximum Gasteiger partial charge on any atom is 0.200 e. The number of hydrogen-bond donors (Lipinski definition) is 2. The molecule has 0 fully saturated rings. The third-order valence-electron chi connectivity index (χ3n) is 7.01. The second kappa shape index (κ2) is 12.1. The number of carbonyl (C=O) groups is 2. The minimum atomic E-state index is -0.428. The minimum absolute atomic E-state index is 0.0420. The van der Waals surface area contributed by atoms with Gasteiger partial charge in [0.05, 0.1) is 22.0 Å². The Morgan fingerprint density at radius 3 is 1.67 bits per heavy atom. The predicted octanol–water partition coefficient (Wildman–Crippen LogP) is 7.18. The molecule has 0 radical (unpaired) electrons. The zero-order valence-corrected chi connectivity index (χ0v) is 24.5. The topological polar surface area (TPSA) is 99.9 Å². The van der Waals surface area contributed by atoms with Crippen LogP contribution in [0, 0.1) is 25.5 Å². The zero-order chi connectivity index (χ0) is 30.8. The van der Waals surface area contributed by atoms with Gasteiger partial charge in [0.2, 0.25) is 10.9 Å². The molecule has 6 rings (SSSR count). The van der Waals surface area contributed by atoms with Crippen LogP contribution >= 0.6 is 15.9 Å². The van der Waals surface area contributed by atoms with Crippen molar-refractivity contribution in [1.82, 2.24) is 9.97 Å². The van der Waals surface area contributed by atoms with Crippen molar-refractivity contribution in [2.45, 2.75) is 13.8 Å². The molecule has 0 aliphatic heterocycles. The smallest absolute Gasteiger partial charge is 0.200 e. The third kappa shape index (κ3) is 5.85. The van der Waals surface area contributed by atoms with Gasteiger partial charge in [-0.05, 0) is 102 Å². The van der Waals surface area contributed by atoms with Gasteiger partial charge in [-0.25, -0.2) is 8.78 Å². The van der Waals surface area contributed by atoms with E-state index in [-0.39, 0.29) is 33.1 Å². The van der Waals surface area contributed by atoms with Gasteiger partial charge in [0.15, 0.2) is 11.6 Å². The average Bonchev–Trinajstić information content (AvgIpc) is 3.00. The van der Waals surface area contributed by atoms with Crippen molar-refractivity contribution in [3.8, 4) is 0 Å². The monoisotopic (exact) mass is 640 g/mol. The summed E-state index contributed by atoms with van der Waals surface area (Å²) in [6, 6.07) is 19.4. The highest BCUT2D eigenvalue weighted by molar-refractivity contribution is 9.10. The number of nitrogens with one attached hydrogen (secondary N) is 2. The second-order valence-corrected chi connectivity index (χ2v) is 10.7. The van der Waals surface area contributed by atoms with Gasteiger partial charge in [-0.15, -0.1) is 0 Å². The van der Waals surface area contributed by atoms with E-state index in [1.807, 2.05) is 38.1 Å². The van der Waals surface area contributed by atoms with Gasteiger partial charge in [-0.1, -0.05) is 18.2 Å². The highest BCUT2D eigenvalue weighted by atomic mass is 79.9. The van der Waals surface area contributed by atoms with Gasteiger partial charge in [-0.2, -0.15) is 0 Å². The number of ketones is 2. The molecule has 0 aliphatic rings. The standard InChI is InChI=1S/C17H11BrFNO2.C17H12FNO2/c1-9-2-7-13(18)15-14(9)17(22)12(8-20-15)16(21)10-3-5-11(19)6-4-10;1-10-3-2-4-14-15(10)17(21)13(9-19-14)16(20)11-5-7-12(18)8-6-11/h2-8H,1H3,(H,20,22);2-9H,1H3,(H,19,21). The van der Waals surface area contributed by atoms with Gasteiger partial charge in [0.25, 0.3) is 0 Å². The number of rotatable bonds is 4. The highest BCUT2D eigenvalue weighted by Gasteiger charge is 2.18. The van der Waals surface area contributed by atoms with Crippen molar-refractivity contribution in [2.24, 2.45) is 0 Å². The molecule has 0 atom stereocenters. The van der Waals surface area contributed by atoms with Gasteiger partial charge in [0.1, 0.15) is 11.6 Å². The molecule has 0 saturated carbocycles. The molecule has 2 aromatic heterocycles. The lowest BCUT2D eigenvalue weighted by Crippen LogP contribution is -2.17. The molecule has 9 heteroatoms. The van der Waals surface area contributed by atoms with Gasteiger partial charge < -0.3 is 9.97 Å². The number of benzene rings is 4. The zero-order valence-electron chi connectivity index (χ0n) is 22.9. The lowest BCUT2D eigenvalue weighted by Gasteiger charge is -2.07. The summed E-state index contributed by atoms with van der Waals surface area (Å²) in [6.07, 6.45) is 2.82. The number of fused-ring (bicyclic) bond motifs is 2. The van der Waals surface area contributed by atoms with Crippen LogP contribution in [0.4, 0.5) is 8.78 Å². The summed E-state index contributed by atoms with van der Waals surface area (Å²) in [6.45, 7) is 3.64. The molecule has 6 nitrogen and oxygen atoms in total. The molecule has 6 aromatic rings. The lowest BCUT2D eigenvalue weighted by atomic mass is 10.0. The Hall–Kier alpha value is -5.02. The molecule has 0 bridgehead atoms. The van der Waals surface area contributed by atoms with E-state index in [1.54, 1.807) is 6.07 Å². The maximum absolute atomic E-state index is 13.0. The van der Waals surface area contributed by atoms with E-state index < -0.39 is 23.2 Å². The van der Waals surface area contributed by atoms with E-state index >= 15 is 0 Å². The summed E-state index contributed by atoms with van der Waals surface area (Å²) in [4.78, 5) is 56.0. The first-order valence-corrected chi connectivity index (χ1v) is 13.9. The number of carbonyl (C=O) groups excluding carboxylic acids is 2. The SMILES string of the molecule is Cc1ccc(Br)c2[nH]cc(C(=O)c3ccc(F)cc3)c(=O)c12.Cc1cccc2[nH]cc(C(=O)c3ccc(F)cc3)c(=O)c12. The maximum atomic E-state index is 13.0. The number of aromatic amines is 2. The molecule has 4 aromatic carbocycles. The van der Waals surface area contributed by atoms with E-state index in [0.717, 1.165) is 15.6 Å². The first-order chi connectivity index (χ1) is 20.6. The summed E-state index contributed by atoms with van der Waals surface area (Å²) in [5.74, 6) is -1.69. The van der Waals surface area contributed by atoms with E-state index in [0.29, 0.717) is 21.8 Å². The number of aryl methyl sites for hydroxylation is 2. The summed E-state index contributed by atoms with van der Waals surface area (Å²) >= 11 is 3.38. The van der Waals surface area contributed by atoms with Crippen molar-refractivity contribution < 1.29 is 18.4 Å². The molecule has 2 heterocycles. The Kier molecular flexibility index (Phi) is 8.27. The predicted molar refractivity (Wildman–Crippen MR) is 166 cm³/mol. The van der Waals surface area contributed by atoms with Crippen LogP contribution in [-0.4, -0.2) is 21.5 Å². The van der Waals surface area contributed by atoms with Gasteiger partial charge in [-0.3, -0.25) is 19.2 Å². The van der Waals surface area contributed by atoms with Crippen LogP contribution in [0.3, 0.4) is 0 Å². The molecule has 0 unspecified atom stereocenters. The van der Waals surface area contributed by atoms with Crippen LogP contribution in [-0.2, 0) is 0 Å². The Morgan fingerprint density at radius 1 is 0.628 bits per heavy atom. The van der Waals surface area contributed by atoms with E-state index in [9.17, 15) is 28.0 Å². The van der Waals surface area contributed by atoms with Crippen LogP contribution in [0.2, 0.25) is 0 Å². The number of aromatic nitrogens is 2. The molecule has 0 aliphatic carbocycles. The number of hydrogen-bond acceptors (Lipinski definition) is 4. The third-order valence-corrected chi connectivity index (χ3v) is 7.67. The van der Waals surface area contributed by atoms with Crippen LogP contribution in [0.15, 0.2) is 105 Å². The first-order valence-electron chi connectivity index (χ1n) is 13.1. The Bertz CT molecular complexity index is 2150. The van der Waals surface area contributed by atoms with Crippen LogP contribution in [0.5, 0.6) is 0 Å². The molecule has 43 heavy (non-hydrogen) atoms. The van der Waals surface area contributed by atoms with E-state index in [1.165, 1.54) is 60.9 Å². The van der Waals surface area contributed by atoms with Gasteiger partial charge in [0, 0.05) is 38.9 Å². The summed E-state index contributed by atoms with van der Waals surface area (Å²) < 4.78 is 26.6. The fourth-order valence-corrected chi connectivity index (χ4v) is 5.19. The quantitative estimate of drug-likeness (QED) is 0.199. The number of pyridine rings is 2. The fraction of sp³-hybridized carbons (Fsp3) is 0.0588. The number of halogens is 3. The highest BCUT2D eigenvalue weighted by Crippen LogP contribution is 2.23. The van der Waals surface area contributed by atoms with Crippen LogP contribution < -0.4 is 10.9 Å². The van der Waals surface area contributed by atoms with Crippen molar-refractivity contribution >= 4 is 49.3 Å². The largest absolute Gasteiger partial charge is 0.360 e. The Labute approximate surface area is 252 Å². The van der Waals surface area contributed by atoms with E-state index in [4.69, 9.17) is 0 Å². The first kappa shape index (κ1) is 29.5. The molecular weight excluding hydrogens is 618 g/mol. The van der Waals surface area contributed by atoms with Crippen LogP contribution in [0.25, 0.3) is 21.8 Å². The Morgan fingerprint density at radius 2 is 1.12 bits per heavy atom. The fourth-order valence-electron chi connectivity index (χ4n) is 4.75. The van der Waals surface area contributed by atoms with Crippen molar-refractivity contribution in [3.05, 3.63) is 161 Å². The lowest BCUT2D eigenvalue weighted by molar-refractivity contribution is 0.103. The second-order valence-electron chi connectivity index (χ2n) is 9.85. The van der Waals surface area contributed by atoms with E-state index in [2.05, 4.69) is 25.9 Å². The Balaban J connectivity index is 0.000000171. The van der Waals surface area contributed by atoms with Gasteiger partial charge >= 0.3 is 0 Å². The molecule has 214 valence electrons. The minimum Gasteiger partial charge on any atom is -0.360 e. The van der Waals surface area contributed by atoms with Crippen molar-refractivity contribution in [1.29, 1.82) is 0 Å². The van der Waals surface area contributed by atoms with Crippen LogP contribution in [0.1, 0.15) is 43.0 Å². The summed E-state index contributed by atoms with van der Waals surface area (Å²) in [5, 5.41) is 0.979. The summed E-state index contributed by atoms with van der Waals surface area (Å²) in [7, 11) is 0. The van der Waals surface area contributed by atoms with Crippen molar-refractivity contribution in [3.63, 3.8) is 0 Å². The summed E-state index contributed by atoms with van der Waals surface area (Å²) in [5.41, 5.74) is 2.96. The van der Waals surface area contributed by atoms with Crippen molar-refractivity contribution in [2.75, 3.05) is 0 Å². The molecule has 0 spiro atoms. The normalized spacial score (nSPS) is 10.8. The molecule has 0 saturated heterocycles. The molecule has 2 N–H and O–H groups in total. The molecule has 0 amide bonds. The average molecular weight is 641 g/mol. The molecular formula is C34H23BrF2N2O4.